The van der Waals surface area contributed by atoms with E-state index in [2.05, 4.69) is 37.6 Å². The summed E-state index contributed by atoms with van der Waals surface area (Å²) in [5, 5.41) is 0.563. The molecule has 29 heavy (non-hydrogen) atoms. The fourth-order valence-electron chi connectivity index (χ4n) is 3.76. The highest BCUT2D eigenvalue weighted by Crippen LogP contribution is 2.36. The minimum absolute atomic E-state index is 0. The van der Waals surface area contributed by atoms with Crippen LogP contribution >= 0.6 is 11.6 Å². The first-order valence-corrected chi connectivity index (χ1v) is 9.86. The van der Waals surface area contributed by atoms with Crippen LogP contribution in [0.15, 0.2) is 48.7 Å². The predicted molar refractivity (Wildman–Crippen MR) is 119 cm³/mol. The van der Waals surface area contributed by atoms with Crippen LogP contribution in [0.5, 0.6) is 0 Å². The number of carbonyl (C=O) groups excluding carboxylic acids is 1. The third-order valence-electron chi connectivity index (χ3n) is 5.19. The molecule has 2 aromatic rings. The van der Waals surface area contributed by atoms with Crippen molar-refractivity contribution in [1.29, 1.82) is 0 Å². The first-order valence-electron chi connectivity index (χ1n) is 9.48. The Labute approximate surface area is 178 Å². The lowest BCUT2D eigenvalue weighted by atomic mass is 9.73. The molecule has 0 aliphatic carbocycles. The average Bonchev–Trinajstić information content (AvgIpc) is 2.61. The highest BCUT2D eigenvalue weighted by molar-refractivity contribution is 6.31. The lowest BCUT2D eigenvalue weighted by Crippen LogP contribution is -2.48. The van der Waals surface area contributed by atoms with E-state index in [1.165, 1.54) is 0 Å². The molecule has 7 heteroatoms. The van der Waals surface area contributed by atoms with Crippen molar-refractivity contribution >= 4 is 17.5 Å². The molecule has 0 spiro atoms. The number of nitrogens with zero attached hydrogens (tertiary/aromatic N) is 2. The van der Waals surface area contributed by atoms with E-state index in [0.717, 1.165) is 17.8 Å². The van der Waals surface area contributed by atoms with Gasteiger partial charge in [0, 0.05) is 42.0 Å². The first-order chi connectivity index (χ1) is 12.8. The SMILES string of the molecule is CC(C)N(CCC(Cc1ccccn1)(C(N)=O)c1ccccc1Cl)C(C)C.O.O. The quantitative estimate of drug-likeness (QED) is 0.666. The van der Waals surface area contributed by atoms with Gasteiger partial charge in [-0.3, -0.25) is 14.7 Å². The number of hydrogen-bond acceptors (Lipinski definition) is 3. The number of primary amides is 1. The molecule has 0 fully saturated rings. The highest BCUT2D eigenvalue weighted by Gasteiger charge is 2.41. The maximum atomic E-state index is 12.8. The van der Waals surface area contributed by atoms with E-state index in [1.807, 2.05) is 42.5 Å². The fraction of sp³-hybridized carbons (Fsp3) is 0.455. The fourth-order valence-corrected chi connectivity index (χ4v) is 4.07. The van der Waals surface area contributed by atoms with E-state index in [-0.39, 0.29) is 16.9 Å². The van der Waals surface area contributed by atoms with Crippen molar-refractivity contribution in [3.05, 3.63) is 64.9 Å². The molecule has 0 saturated heterocycles. The Bertz CT molecular complexity index is 748. The smallest absolute Gasteiger partial charge is 0.228 e. The van der Waals surface area contributed by atoms with Crippen LogP contribution < -0.4 is 5.73 Å². The summed E-state index contributed by atoms with van der Waals surface area (Å²) in [6.45, 7) is 9.41. The molecule has 2 rings (SSSR count). The number of rotatable bonds is 9. The van der Waals surface area contributed by atoms with Gasteiger partial charge in [-0.2, -0.15) is 0 Å². The number of aromatic nitrogens is 1. The first kappa shape index (κ1) is 27.0. The summed E-state index contributed by atoms with van der Waals surface area (Å²) in [5.74, 6) is -0.367. The van der Waals surface area contributed by atoms with Crippen LogP contribution in [0.3, 0.4) is 0 Å². The molecule has 0 bridgehead atoms. The number of pyridine rings is 1. The molecule has 162 valence electrons. The summed E-state index contributed by atoms with van der Waals surface area (Å²) in [6.07, 6.45) is 2.75. The number of hydrogen-bond donors (Lipinski definition) is 1. The van der Waals surface area contributed by atoms with Gasteiger partial charge in [-0.15, -0.1) is 0 Å². The average molecular weight is 424 g/mol. The molecule has 6 N–H and O–H groups in total. The van der Waals surface area contributed by atoms with Crippen LogP contribution in [0.25, 0.3) is 0 Å². The zero-order chi connectivity index (χ0) is 20.0. The van der Waals surface area contributed by atoms with Crippen molar-refractivity contribution < 1.29 is 15.7 Å². The lowest BCUT2D eigenvalue weighted by molar-refractivity contribution is -0.124. The van der Waals surface area contributed by atoms with Gasteiger partial charge in [0.2, 0.25) is 5.91 Å². The second kappa shape index (κ2) is 11.9. The Morgan fingerprint density at radius 3 is 2.14 bits per heavy atom. The third kappa shape index (κ3) is 6.51. The molecule has 0 saturated carbocycles. The zero-order valence-corrected chi connectivity index (χ0v) is 18.4. The lowest BCUT2D eigenvalue weighted by Gasteiger charge is -2.37. The number of halogens is 1. The van der Waals surface area contributed by atoms with Crippen LogP contribution in [0, 0.1) is 0 Å². The van der Waals surface area contributed by atoms with Gasteiger partial charge in [0.1, 0.15) is 0 Å². The van der Waals surface area contributed by atoms with Crippen LogP contribution in [-0.4, -0.2) is 45.4 Å². The van der Waals surface area contributed by atoms with Gasteiger partial charge in [0.15, 0.2) is 0 Å². The van der Waals surface area contributed by atoms with Crippen molar-refractivity contribution in [2.45, 2.75) is 58.0 Å². The molecule has 1 aromatic carbocycles. The Balaban J connectivity index is 0.00000392. The van der Waals surface area contributed by atoms with Gasteiger partial charge >= 0.3 is 0 Å². The summed E-state index contributed by atoms with van der Waals surface area (Å²) >= 11 is 6.52. The van der Waals surface area contributed by atoms with E-state index in [9.17, 15) is 4.79 Å². The van der Waals surface area contributed by atoms with Gasteiger partial charge in [-0.1, -0.05) is 35.9 Å². The number of benzene rings is 1. The monoisotopic (exact) mass is 423 g/mol. The van der Waals surface area contributed by atoms with Gasteiger partial charge in [0.25, 0.3) is 0 Å². The van der Waals surface area contributed by atoms with Gasteiger partial charge in [0.05, 0.1) is 5.41 Å². The molecule has 1 unspecified atom stereocenters. The van der Waals surface area contributed by atoms with E-state index in [4.69, 9.17) is 17.3 Å². The maximum absolute atomic E-state index is 12.8. The van der Waals surface area contributed by atoms with Gasteiger partial charge in [-0.05, 0) is 57.9 Å². The minimum Gasteiger partial charge on any atom is -0.412 e. The standard InChI is InChI=1S/C22H30ClN3O.2H2O/c1-16(2)26(17(3)4)14-12-22(21(24)27,15-18-9-7-8-13-25-18)19-10-5-6-11-20(19)23;;/h5-11,13,16-17H,12,14-15H2,1-4H3,(H2,24,27);2*1H2. The molecule has 1 atom stereocenters. The van der Waals surface area contributed by atoms with Crippen LogP contribution in [0.4, 0.5) is 0 Å². The van der Waals surface area contributed by atoms with Gasteiger partial charge in [-0.25, -0.2) is 0 Å². The summed E-state index contributed by atoms with van der Waals surface area (Å²) in [6, 6.07) is 14.0. The molecule has 1 aromatic heterocycles. The van der Waals surface area contributed by atoms with Crippen molar-refractivity contribution in [1.82, 2.24) is 9.88 Å². The largest absolute Gasteiger partial charge is 0.412 e. The summed E-state index contributed by atoms with van der Waals surface area (Å²) < 4.78 is 0. The van der Waals surface area contributed by atoms with Crippen molar-refractivity contribution in [2.24, 2.45) is 5.73 Å². The van der Waals surface area contributed by atoms with Crippen molar-refractivity contribution in [3.63, 3.8) is 0 Å². The molecule has 0 aliphatic rings. The summed E-state index contributed by atoms with van der Waals surface area (Å²) in [7, 11) is 0. The Hall–Kier alpha value is -1.99. The van der Waals surface area contributed by atoms with Crippen LogP contribution in [0.1, 0.15) is 45.4 Å². The van der Waals surface area contributed by atoms with E-state index in [0.29, 0.717) is 29.9 Å². The van der Waals surface area contributed by atoms with E-state index < -0.39 is 5.41 Å². The number of carbonyl (C=O) groups is 1. The second-order valence-corrected chi connectivity index (χ2v) is 8.01. The Morgan fingerprint density at radius 2 is 1.66 bits per heavy atom. The van der Waals surface area contributed by atoms with Gasteiger partial charge < -0.3 is 16.7 Å². The molecular weight excluding hydrogens is 390 g/mol. The minimum atomic E-state index is -0.908. The molecule has 0 aliphatic heterocycles. The highest BCUT2D eigenvalue weighted by atomic mass is 35.5. The van der Waals surface area contributed by atoms with E-state index >= 15 is 0 Å². The van der Waals surface area contributed by atoms with Crippen LogP contribution in [-0.2, 0) is 16.6 Å². The molecule has 1 amide bonds. The normalized spacial score (nSPS) is 13.0. The molecular formula is C22H34ClN3O3. The number of nitrogens with two attached hydrogens (primary N) is 1. The predicted octanol–water partition coefficient (Wildman–Crippen LogP) is 2.56. The van der Waals surface area contributed by atoms with Crippen molar-refractivity contribution in [2.75, 3.05) is 6.54 Å². The van der Waals surface area contributed by atoms with Crippen LogP contribution in [0.2, 0.25) is 5.02 Å². The van der Waals surface area contributed by atoms with E-state index in [1.54, 1.807) is 6.20 Å². The molecule has 1 heterocycles. The second-order valence-electron chi connectivity index (χ2n) is 7.60. The Morgan fingerprint density at radius 1 is 1.07 bits per heavy atom. The summed E-state index contributed by atoms with van der Waals surface area (Å²) in [4.78, 5) is 19.7. The molecule has 0 radical (unpaired) electrons. The van der Waals surface area contributed by atoms with Crippen molar-refractivity contribution in [3.8, 4) is 0 Å². The zero-order valence-electron chi connectivity index (χ0n) is 17.7. The topological polar surface area (TPSA) is 122 Å². The summed E-state index contributed by atoms with van der Waals surface area (Å²) in [5.41, 5.74) is 6.71. The Kier molecular flexibility index (Phi) is 11.1. The third-order valence-corrected chi connectivity index (χ3v) is 5.52. The molecule has 6 nitrogen and oxygen atoms in total. The maximum Gasteiger partial charge on any atom is 0.228 e. The number of amides is 1.